The fraction of sp³-hybridized carbons (Fsp3) is 0.211. The molecule has 1 heterocycles. The lowest BCUT2D eigenvalue weighted by Gasteiger charge is -1.98. The second-order valence-corrected chi connectivity index (χ2v) is 8.58. The highest BCUT2D eigenvalue weighted by Gasteiger charge is 2.18. The fourth-order valence-electron chi connectivity index (χ4n) is 2.66. The minimum Gasteiger partial charge on any atom is -0.286 e. The van der Waals surface area contributed by atoms with Crippen LogP contribution in [0.3, 0.4) is 0 Å². The Bertz CT molecular complexity index is 1000. The molecule has 1 aromatic heterocycles. The number of hydrogen-bond acceptors (Lipinski definition) is 3. The van der Waals surface area contributed by atoms with Gasteiger partial charge >= 0.3 is 0 Å². The SMILES string of the molecule is Cc1ccc(/C=C/c2sc3ccccc3[n+]2CCCS(=O)(=O)O)cc1. The molecular weight excluding hydrogens is 354 g/mol. The molecule has 1 N–H and O–H groups in total. The molecule has 0 aliphatic rings. The first-order valence-corrected chi connectivity index (χ1v) is 10.5. The van der Waals surface area contributed by atoms with Crippen molar-refractivity contribution < 1.29 is 17.5 Å². The second kappa shape index (κ2) is 7.47. The number of thiazole rings is 1. The third-order valence-electron chi connectivity index (χ3n) is 3.92. The van der Waals surface area contributed by atoms with Crippen LogP contribution in [-0.4, -0.2) is 18.7 Å². The first kappa shape index (κ1) is 17.8. The Morgan fingerprint density at radius 3 is 2.52 bits per heavy atom. The minimum atomic E-state index is -3.93. The van der Waals surface area contributed by atoms with E-state index in [1.165, 1.54) is 5.56 Å². The van der Waals surface area contributed by atoms with Crippen LogP contribution in [0.5, 0.6) is 0 Å². The molecule has 3 rings (SSSR count). The Hall–Kier alpha value is -2.02. The predicted octanol–water partition coefficient (Wildman–Crippen LogP) is 3.95. The molecule has 0 bridgehead atoms. The molecule has 2 aromatic carbocycles. The van der Waals surface area contributed by atoms with E-state index >= 15 is 0 Å². The largest absolute Gasteiger partial charge is 0.286 e. The Balaban J connectivity index is 1.90. The van der Waals surface area contributed by atoms with Gasteiger partial charge in [0.25, 0.3) is 15.1 Å². The number of rotatable bonds is 6. The van der Waals surface area contributed by atoms with Gasteiger partial charge in [-0.1, -0.05) is 53.3 Å². The molecule has 0 amide bonds. The van der Waals surface area contributed by atoms with Gasteiger partial charge in [-0.25, -0.2) is 0 Å². The summed E-state index contributed by atoms with van der Waals surface area (Å²) in [7, 11) is -3.93. The normalized spacial score (nSPS) is 12.2. The second-order valence-electron chi connectivity index (χ2n) is 5.94. The van der Waals surface area contributed by atoms with Crippen LogP contribution in [0.4, 0.5) is 0 Å². The Morgan fingerprint density at radius 1 is 1.08 bits per heavy atom. The summed E-state index contributed by atoms with van der Waals surface area (Å²) in [5.41, 5.74) is 3.42. The monoisotopic (exact) mass is 374 g/mol. The highest BCUT2D eigenvalue weighted by molar-refractivity contribution is 7.85. The van der Waals surface area contributed by atoms with Gasteiger partial charge in [-0.3, -0.25) is 4.55 Å². The lowest BCUT2D eigenvalue weighted by Crippen LogP contribution is -2.35. The van der Waals surface area contributed by atoms with Crippen LogP contribution in [0, 0.1) is 6.92 Å². The number of benzene rings is 2. The summed E-state index contributed by atoms with van der Waals surface area (Å²) in [6.07, 6.45) is 4.49. The van der Waals surface area contributed by atoms with Crippen molar-refractivity contribution in [2.75, 3.05) is 5.75 Å². The quantitative estimate of drug-likeness (QED) is 0.525. The summed E-state index contributed by atoms with van der Waals surface area (Å²) < 4.78 is 34.2. The first-order chi connectivity index (χ1) is 11.9. The Kier molecular flexibility index (Phi) is 5.32. The molecular formula is C19H20NO3S2+. The summed E-state index contributed by atoms with van der Waals surface area (Å²) in [4.78, 5) is 0. The maximum Gasteiger partial charge on any atom is 0.265 e. The van der Waals surface area contributed by atoms with E-state index in [4.69, 9.17) is 4.55 Å². The number of aryl methyl sites for hydroxylation is 2. The highest BCUT2D eigenvalue weighted by Crippen LogP contribution is 2.22. The van der Waals surface area contributed by atoms with E-state index in [9.17, 15) is 8.42 Å². The highest BCUT2D eigenvalue weighted by atomic mass is 32.2. The van der Waals surface area contributed by atoms with E-state index in [1.54, 1.807) is 11.3 Å². The van der Waals surface area contributed by atoms with E-state index in [1.807, 2.05) is 18.2 Å². The standard InChI is InChI=1S/C19H19NO3S2/c1-15-7-9-16(10-8-15)11-12-19-20(13-4-14-25(21,22)23)17-5-2-3-6-18(17)24-19/h2-3,5-12H,4,13-14H2,1H3/p+1/b12-11+. The van der Waals surface area contributed by atoms with E-state index in [0.717, 1.165) is 20.8 Å². The molecule has 25 heavy (non-hydrogen) atoms. The number of fused-ring (bicyclic) bond motifs is 1. The molecule has 0 spiro atoms. The van der Waals surface area contributed by atoms with Crippen LogP contribution >= 0.6 is 11.3 Å². The summed E-state index contributed by atoms with van der Waals surface area (Å²) in [5.74, 6) is -0.231. The third-order valence-corrected chi connectivity index (χ3v) is 5.85. The van der Waals surface area contributed by atoms with E-state index < -0.39 is 10.1 Å². The maximum absolute atomic E-state index is 11.0. The molecule has 0 fully saturated rings. The summed E-state index contributed by atoms with van der Waals surface area (Å²) in [6, 6.07) is 16.3. The van der Waals surface area contributed by atoms with Crippen molar-refractivity contribution in [3.63, 3.8) is 0 Å². The topological polar surface area (TPSA) is 58.2 Å². The van der Waals surface area contributed by atoms with Gasteiger partial charge in [-0.15, -0.1) is 0 Å². The van der Waals surface area contributed by atoms with Crippen LogP contribution in [-0.2, 0) is 16.7 Å². The zero-order valence-corrected chi connectivity index (χ0v) is 15.6. The van der Waals surface area contributed by atoms with Crippen molar-refractivity contribution in [2.45, 2.75) is 19.9 Å². The van der Waals surface area contributed by atoms with Crippen molar-refractivity contribution in [1.82, 2.24) is 0 Å². The van der Waals surface area contributed by atoms with E-state index in [2.05, 4.69) is 54.0 Å². The van der Waals surface area contributed by atoms with Gasteiger partial charge in [-0.05, 0) is 24.6 Å². The van der Waals surface area contributed by atoms with Gasteiger partial charge in [0.1, 0.15) is 4.70 Å². The van der Waals surface area contributed by atoms with Gasteiger partial charge in [0, 0.05) is 18.6 Å². The maximum atomic E-state index is 11.0. The summed E-state index contributed by atoms with van der Waals surface area (Å²) >= 11 is 1.67. The molecule has 0 unspecified atom stereocenters. The van der Waals surface area contributed by atoms with Gasteiger partial charge in [0.05, 0.1) is 5.75 Å². The number of para-hydroxylation sites is 1. The van der Waals surface area contributed by atoms with Crippen molar-refractivity contribution in [2.24, 2.45) is 0 Å². The van der Waals surface area contributed by atoms with Crippen LogP contribution in [0.2, 0.25) is 0 Å². The minimum absolute atomic E-state index is 0.231. The van der Waals surface area contributed by atoms with Gasteiger partial charge in [0.2, 0.25) is 5.52 Å². The molecule has 0 saturated carbocycles. The zero-order valence-electron chi connectivity index (χ0n) is 13.9. The van der Waals surface area contributed by atoms with Gasteiger partial charge in [0.15, 0.2) is 6.54 Å². The van der Waals surface area contributed by atoms with Gasteiger partial charge < -0.3 is 0 Å². The van der Waals surface area contributed by atoms with Crippen LogP contribution in [0.15, 0.2) is 48.5 Å². The third kappa shape index (κ3) is 4.75. The average molecular weight is 375 g/mol. The average Bonchev–Trinajstić information content (AvgIpc) is 2.91. The first-order valence-electron chi connectivity index (χ1n) is 8.04. The van der Waals surface area contributed by atoms with Gasteiger partial charge in [-0.2, -0.15) is 13.0 Å². The smallest absolute Gasteiger partial charge is 0.265 e. The van der Waals surface area contributed by atoms with Crippen LogP contribution in [0.25, 0.3) is 22.4 Å². The fourth-order valence-corrected chi connectivity index (χ4v) is 4.24. The Morgan fingerprint density at radius 2 is 1.80 bits per heavy atom. The van der Waals surface area contributed by atoms with Crippen molar-refractivity contribution in [3.05, 3.63) is 64.7 Å². The van der Waals surface area contributed by atoms with Crippen molar-refractivity contribution in [1.29, 1.82) is 0 Å². The van der Waals surface area contributed by atoms with Crippen LogP contribution in [0.1, 0.15) is 22.6 Å². The zero-order chi connectivity index (χ0) is 17.9. The number of hydrogen-bond donors (Lipinski definition) is 1. The molecule has 0 aliphatic carbocycles. The lowest BCUT2D eigenvalue weighted by molar-refractivity contribution is -0.668. The lowest BCUT2D eigenvalue weighted by atomic mass is 10.1. The summed E-state index contributed by atoms with van der Waals surface area (Å²) in [6.45, 7) is 2.60. The van der Waals surface area contributed by atoms with E-state index in [0.29, 0.717) is 13.0 Å². The molecule has 130 valence electrons. The molecule has 0 saturated heterocycles. The molecule has 4 nitrogen and oxygen atoms in total. The Labute approximate surface area is 151 Å². The molecule has 3 aromatic rings. The molecule has 0 aliphatic heterocycles. The number of nitrogens with zero attached hydrogens (tertiary/aromatic N) is 1. The van der Waals surface area contributed by atoms with E-state index in [-0.39, 0.29) is 5.75 Å². The molecule has 6 heteroatoms. The van der Waals surface area contributed by atoms with Crippen molar-refractivity contribution >= 4 is 43.8 Å². The predicted molar refractivity (Wildman–Crippen MR) is 103 cm³/mol. The van der Waals surface area contributed by atoms with Crippen LogP contribution < -0.4 is 4.57 Å². The summed E-state index contributed by atoms with van der Waals surface area (Å²) in [5, 5.41) is 1.05. The number of aromatic nitrogens is 1. The molecule has 0 atom stereocenters. The molecule has 0 radical (unpaired) electrons. The van der Waals surface area contributed by atoms with Crippen molar-refractivity contribution in [3.8, 4) is 0 Å².